The van der Waals surface area contributed by atoms with Crippen LogP contribution in [0.3, 0.4) is 0 Å². The molecule has 0 bridgehead atoms. The van der Waals surface area contributed by atoms with Gasteiger partial charge in [-0.1, -0.05) is 159 Å². The number of fused-ring (bicyclic) bond motifs is 10. The van der Waals surface area contributed by atoms with Crippen molar-refractivity contribution in [2.24, 2.45) is 0 Å². The second-order valence-electron chi connectivity index (χ2n) is 15.1. The highest BCUT2D eigenvalue weighted by atomic mass is 15.1. The van der Waals surface area contributed by atoms with E-state index in [1.807, 2.05) is 18.2 Å². The molecule has 0 radical (unpaired) electrons. The zero-order valence-corrected chi connectivity index (χ0v) is 32.0. The summed E-state index contributed by atoms with van der Waals surface area (Å²) in [5, 5.41) is 0. The first-order valence-electron chi connectivity index (χ1n) is 20.0. The van der Waals surface area contributed by atoms with Crippen molar-refractivity contribution in [2.75, 3.05) is 4.90 Å². The van der Waals surface area contributed by atoms with Gasteiger partial charge in [-0.3, -0.25) is 0 Å². The van der Waals surface area contributed by atoms with Gasteiger partial charge in [-0.25, -0.2) is 15.0 Å². The quantitative estimate of drug-likeness (QED) is 0.163. The van der Waals surface area contributed by atoms with Gasteiger partial charge in [0.15, 0.2) is 17.5 Å². The summed E-state index contributed by atoms with van der Waals surface area (Å²) in [4.78, 5) is 17.8. The number of benzene rings is 8. The fourth-order valence-corrected chi connectivity index (χ4v) is 9.29. The molecule has 2 aliphatic rings. The summed E-state index contributed by atoms with van der Waals surface area (Å²) in [6.07, 6.45) is 0.934. The molecule has 8 aromatic carbocycles. The van der Waals surface area contributed by atoms with Gasteiger partial charge in [-0.05, 0) is 105 Å². The predicted octanol–water partition coefficient (Wildman–Crippen LogP) is 13.2. The van der Waals surface area contributed by atoms with Crippen LogP contribution in [0.4, 0.5) is 17.1 Å². The van der Waals surface area contributed by atoms with Crippen molar-refractivity contribution in [2.45, 2.75) is 18.8 Å². The molecule has 274 valence electrons. The van der Waals surface area contributed by atoms with Gasteiger partial charge in [0.2, 0.25) is 0 Å². The third kappa shape index (κ3) is 5.26. The monoisotopic (exact) mass is 742 g/mol. The van der Waals surface area contributed by atoms with Gasteiger partial charge < -0.3 is 4.90 Å². The Morgan fingerprint density at radius 2 is 0.828 bits per heavy atom. The van der Waals surface area contributed by atoms with Gasteiger partial charge in [0.25, 0.3) is 0 Å². The van der Waals surface area contributed by atoms with Crippen LogP contribution in [0.25, 0.3) is 56.4 Å². The second kappa shape index (κ2) is 13.6. The van der Waals surface area contributed by atoms with E-state index in [1.54, 1.807) is 0 Å². The maximum absolute atomic E-state index is 5.23. The molecule has 0 atom stereocenters. The molecular formula is C54H38N4. The number of aryl methyl sites for hydroxylation is 1. The van der Waals surface area contributed by atoms with Crippen molar-refractivity contribution in [3.8, 4) is 56.4 Å². The summed E-state index contributed by atoms with van der Waals surface area (Å²) in [7, 11) is 0. The van der Waals surface area contributed by atoms with Crippen LogP contribution in [0, 0.1) is 0 Å². The fourth-order valence-electron chi connectivity index (χ4n) is 9.29. The van der Waals surface area contributed by atoms with Crippen LogP contribution >= 0.6 is 0 Å². The molecule has 1 aromatic heterocycles. The molecule has 2 aliphatic carbocycles. The first kappa shape index (κ1) is 33.9. The van der Waals surface area contributed by atoms with Gasteiger partial charge in [-0.15, -0.1) is 0 Å². The Kier molecular flexibility index (Phi) is 7.97. The lowest BCUT2D eigenvalue weighted by atomic mass is 9.70. The molecule has 4 heteroatoms. The van der Waals surface area contributed by atoms with Crippen molar-refractivity contribution in [3.63, 3.8) is 0 Å². The van der Waals surface area contributed by atoms with E-state index in [9.17, 15) is 0 Å². The lowest BCUT2D eigenvalue weighted by molar-refractivity contribution is 0.793. The number of hydrogen-bond donors (Lipinski definition) is 0. The molecule has 1 heterocycles. The van der Waals surface area contributed by atoms with Crippen LogP contribution in [-0.4, -0.2) is 15.0 Å². The van der Waals surface area contributed by atoms with E-state index in [4.69, 9.17) is 15.0 Å². The Balaban J connectivity index is 1.16. The molecule has 0 amide bonds. The van der Waals surface area contributed by atoms with E-state index in [-0.39, 0.29) is 0 Å². The lowest BCUT2D eigenvalue weighted by Crippen LogP contribution is -2.26. The highest BCUT2D eigenvalue weighted by molar-refractivity contribution is 5.97. The van der Waals surface area contributed by atoms with E-state index in [0.717, 1.165) is 40.2 Å². The average molecular weight is 743 g/mol. The van der Waals surface area contributed by atoms with Crippen molar-refractivity contribution in [1.29, 1.82) is 0 Å². The number of hydrogen-bond acceptors (Lipinski definition) is 4. The van der Waals surface area contributed by atoms with Gasteiger partial charge in [0, 0.05) is 33.8 Å². The number of anilines is 3. The van der Waals surface area contributed by atoms with Crippen LogP contribution in [0.2, 0.25) is 0 Å². The molecule has 9 aromatic rings. The summed E-state index contributed by atoms with van der Waals surface area (Å²) in [5.74, 6) is 1.98. The topological polar surface area (TPSA) is 41.9 Å². The first-order chi connectivity index (χ1) is 28.7. The molecule has 0 N–H and O–H groups in total. The molecule has 0 saturated heterocycles. The minimum atomic E-state index is -0.573. The van der Waals surface area contributed by atoms with E-state index in [0.29, 0.717) is 17.5 Å². The van der Waals surface area contributed by atoms with Crippen LogP contribution in [0.1, 0.15) is 34.7 Å². The standard InChI is InChI=1S/C54H38N4/c1-2-36-17-16-20-38(33-36)52-55-51(37-18-6-3-7-19-37)56-53(57-52)39-29-31-45-46-32-30-42(58(40-21-8-4-9-22-40)41-23-10-5-11-24-41)35-50(46)54(49(45)34-39)47-27-14-12-25-43(47)44-26-13-15-28-48(44)54/h3-35H,2H2,1H3. The van der Waals surface area contributed by atoms with Gasteiger partial charge in [0.05, 0.1) is 5.41 Å². The Morgan fingerprint density at radius 1 is 0.362 bits per heavy atom. The Labute approximate surface area is 338 Å². The highest BCUT2D eigenvalue weighted by Gasteiger charge is 2.52. The SMILES string of the molecule is CCc1cccc(-c2nc(-c3ccccc3)nc(-c3ccc4c(c3)C3(c5ccccc5-c5ccccc53)c3cc(N(c5ccccc5)c5ccccc5)ccc3-4)n2)c1. The van der Waals surface area contributed by atoms with Crippen molar-refractivity contribution in [3.05, 3.63) is 228 Å². The molecule has 0 fully saturated rings. The van der Waals surface area contributed by atoms with Crippen molar-refractivity contribution < 1.29 is 0 Å². The van der Waals surface area contributed by atoms with Crippen molar-refractivity contribution in [1.82, 2.24) is 15.0 Å². The summed E-state index contributed by atoms with van der Waals surface area (Å²) >= 11 is 0. The zero-order chi connectivity index (χ0) is 38.6. The minimum absolute atomic E-state index is 0.573. The maximum Gasteiger partial charge on any atom is 0.164 e. The highest BCUT2D eigenvalue weighted by Crippen LogP contribution is 2.63. The maximum atomic E-state index is 5.23. The smallest absolute Gasteiger partial charge is 0.164 e. The predicted molar refractivity (Wildman–Crippen MR) is 236 cm³/mol. The molecule has 0 saturated carbocycles. The molecule has 58 heavy (non-hydrogen) atoms. The summed E-state index contributed by atoms with van der Waals surface area (Å²) in [6.45, 7) is 2.18. The fraction of sp³-hybridized carbons (Fsp3) is 0.0556. The zero-order valence-electron chi connectivity index (χ0n) is 32.0. The largest absolute Gasteiger partial charge is 0.310 e. The number of para-hydroxylation sites is 2. The third-order valence-corrected chi connectivity index (χ3v) is 11.9. The van der Waals surface area contributed by atoms with Crippen LogP contribution in [0.15, 0.2) is 200 Å². The van der Waals surface area contributed by atoms with Crippen LogP contribution in [0.5, 0.6) is 0 Å². The van der Waals surface area contributed by atoms with E-state index < -0.39 is 5.41 Å². The lowest BCUT2D eigenvalue weighted by Gasteiger charge is -2.32. The average Bonchev–Trinajstić information content (AvgIpc) is 3.77. The Bertz CT molecular complexity index is 2910. The summed E-state index contributed by atoms with van der Waals surface area (Å²) in [5.41, 5.74) is 16.9. The first-order valence-corrected chi connectivity index (χ1v) is 20.0. The molecular weight excluding hydrogens is 705 g/mol. The minimum Gasteiger partial charge on any atom is -0.310 e. The van der Waals surface area contributed by atoms with E-state index in [1.165, 1.54) is 50.1 Å². The van der Waals surface area contributed by atoms with Crippen LogP contribution < -0.4 is 4.90 Å². The van der Waals surface area contributed by atoms with Gasteiger partial charge in [0.1, 0.15) is 0 Å². The van der Waals surface area contributed by atoms with E-state index >= 15 is 0 Å². The summed E-state index contributed by atoms with van der Waals surface area (Å²) < 4.78 is 0. The number of aromatic nitrogens is 3. The number of nitrogens with zero attached hydrogens (tertiary/aromatic N) is 4. The van der Waals surface area contributed by atoms with Crippen LogP contribution in [-0.2, 0) is 11.8 Å². The van der Waals surface area contributed by atoms with Crippen molar-refractivity contribution >= 4 is 17.1 Å². The molecule has 1 spiro atoms. The second-order valence-corrected chi connectivity index (χ2v) is 15.1. The van der Waals surface area contributed by atoms with Gasteiger partial charge in [-0.2, -0.15) is 0 Å². The summed E-state index contributed by atoms with van der Waals surface area (Å²) in [6, 6.07) is 71.9. The number of rotatable bonds is 7. The molecule has 0 aliphatic heterocycles. The molecule has 11 rings (SSSR count). The molecule has 0 unspecified atom stereocenters. The molecule has 4 nitrogen and oxygen atoms in total. The van der Waals surface area contributed by atoms with E-state index in [2.05, 4.69) is 194 Å². The van der Waals surface area contributed by atoms with Gasteiger partial charge >= 0.3 is 0 Å². The third-order valence-electron chi connectivity index (χ3n) is 11.9. The normalized spacial score (nSPS) is 12.8. The Morgan fingerprint density at radius 3 is 1.43 bits per heavy atom. The Hall–Kier alpha value is -7.43.